The van der Waals surface area contributed by atoms with Gasteiger partial charge in [-0.15, -0.1) is 0 Å². The zero-order valence-electron chi connectivity index (χ0n) is 24.4. The number of hydrogen-bond donors (Lipinski definition) is 16. The second-order valence-corrected chi connectivity index (χ2v) is 29.4. The standard InChI is InChI=1S/H16O43P14/c1-44(2,3)31-46(7,8)33-48(11,12)35-50(15,16)37-52(19,20)39-54(23,24)41-56(27,28)43-57(29,30)42-55(25,26)40-53(21,22)38-51(17,18)36-49(13,14)34-47(9,10)32-45(4,5)6/h(H,7,8)(H,9,10)(H,11,12)(H,13,14)(H,15,16)(H,17,18)(H,19,20)(H,21,22)(H,23,24)(H,25,26)(H,27,28)(H,29,30)(H2,1,2,3)(H2,4,5,6). The highest BCUT2D eigenvalue weighted by molar-refractivity contribution is 7.76. The maximum Gasteiger partial charge on any atom is 0.490 e. The van der Waals surface area contributed by atoms with Crippen molar-refractivity contribution in [2.75, 3.05) is 0 Å². The van der Waals surface area contributed by atoms with Crippen molar-refractivity contribution in [3.8, 4) is 0 Å². The summed E-state index contributed by atoms with van der Waals surface area (Å²) in [6, 6.07) is 0. The average Bonchev–Trinajstić information content (AvgIpc) is 2.63. The molecule has 0 amide bonds. The minimum absolute atomic E-state index is 2.99. The highest BCUT2D eigenvalue weighted by Crippen LogP contribution is 2.80. The van der Waals surface area contributed by atoms with E-state index in [1.54, 1.807) is 0 Å². The average molecular weight is 1140 g/mol. The largest absolute Gasteiger partial charge is 0.490 e. The first kappa shape index (κ1) is 59.1. The molecule has 57 heavy (non-hydrogen) atoms. The van der Waals surface area contributed by atoms with Gasteiger partial charge >= 0.3 is 110 Å². The lowest BCUT2D eigenvalue weighted by Gasteiger charge is -2.22. The van der Waals surface area contributed by atoms with Gasteiger partial charge < -0.3 is 78.3 Å². The van der Waals surface area contributed by atoms with Crippen LogP contribution in [0.2, 0.25) is 0 Å². The second kappa shape index (κ2) is 19.3. The van der Waals surface area contributed by atoms with Crippen LogP contribution >= 0.6 is 110 Å². The van der Waals surface area contributed by atoms with Crippen molar-refractivity contribution in [3.63, 3.8) is 0 Å². The van der Waals surface area contributed by atoms with Crippen LogP contribution in [0.1, 0.15) is 0 Å². The predicted octanol–water partition coefficient (Wildman–Crippen LogP) is 0.592. The molecule has 0 aromatic rings. The fourth-order valence-electron chi connectivity index (χ4n) is 1.88. The first-order valence-electron chi connectivity index (χ1n) is 10.5. The van der Waals surface area contributed by atoms with Gasteiger partial charge in [0.2, 0.25) is 0 Å². The number of phosphoric acid groups is 14. The van der Waals surface area contributed by atoms with E-state index in [0.717, 1.165) is 0 Å². The quantitative estimate of drug-likeness (QED) is 0.0527. The van der Waals surface area contributed by atoms with E-state index >= 15 is 0 Å². The summed E-state index contributed by atoms with van der Waals surface area (Å²) in [7, 11) is -94.4. The first-order chi connectivity index (χ1) is 24.2. The Labute approximate surface area is 307 Å². The summed E-state index contributed by atoms with van der Waals surface area (Å²) in [5.74, 6) is 0. The third-order valence-corrected chi connectivity index (χ3v) is 24.2. The summed E-state index contributed by atoms with van der Waals surface area (Å²) < 4.78 is 201. The zero-order chi connectivity index (χ0) is 46.2. The molecule has 0 heterocycles. The molecule has 57 heteroatoms. The maximum atomic E-state index is 11.9. The Bertz CT molecular complexity index is 2020. The van der Waals surface area contributed by atoms with Gasteiger partial charge in [0.05, 0.1) is 0 Å². The maximum absolute atomic E-state index is 11.9. The van der Waals surface area contributed by atoms with Crippen molar-refractivity contribution in [1.82, 2.24) is 0 Å². The Morgan fingerprint density at radius 3 is 0.298 bits per heavy atom. The van der Waals surface area contributed by atoms with E-state index in [0.29, 0.717) is 0 Å². The molecule has 0 radical (unpaired) electrons. The van der Waals surface area contributed by atoms with Crippen LogP contribution in [0.5, 0.6) is 0 Å². The lowest BCUT2D eigenvalue weighted by molar-refractivity contribution is 0.175. The van der Waals surface area contributed by atoms with E-state index in [1.165, 1.54) is 0 Å². The van der Waals surface area contributed by atoms with Gasteiger partial charge in [-0.1, -0.05) is 0 Å². The molecule has 12 unspecified atom stereocenters. The van der Waals surface area contributed by atoms with Crippen molar-refractivity contribution in [3.05, 3.63) is 0 Å². The van der Waals surface area contributed by atoms with Crippen LogP contribution in [-0.2, 0) is 120 Å². The zero-order valence-corrected chi connectivity index (χ0v) is 37.0. The van der Waals surface area contributed by atoms with Crippen LogP contribution in [0.15, 0.2) is 0 Å². The molecule has 0 aliphatic carbocycles. The molecule has 0 rings (SSSR count). The third kappa shape index (κ3) is 28.5. The summed E-state index contributed by atoms with van der Waals surface area (Å²) >= 11 is 0. The van der Waals surface area contributed by atoms with E-state index in [9.17, 15) is 103 Å². The molecule has 0 aliphatic rings. The van der Waals surface area contributed by atoms with Gasteiger partial charge in [-0.2, -0.15) is 56.0 Å². The molecule has 0 fully saturated rings. The van der Waals surface area contributed by atoms with E-state index in [4.69, 9.17) is 39.1 Å². The fourth-order valence-corrected chi connectivity index (χ4v) is 20.2. The van der Waals surface area contributed by atoms with E-state index in [1.807, 2.05) is 0 Å². The Hall–Kier alpha value is 2.06. The summed E-state index contributed by atoms with van der Waals surface area (Å²) in [5, 5.41) is 0. The highest BCUT2D eigenvalue weighted by Gasteiger charge is 2.54. The minimum Gasteiger partial charge on any atom is -0.302 e. The SMILES string of the molecule is O=P(O)(O)OP(=O)(O)OP(=O)(O)OP(=O)(O)OP(=O)(O)OP(=O)(O)OP(=O)(O)OP(=O)(O)OP(=O)(O)OP(=O)(O)OP(=O)(O)OP(=O)(O)OP(=O)(O)OP(=O)(O)O. The molecule has 12 atom stereocenters. The van der Waals surface area contributed by atoms with Crippen LogP contribution in [-0.4, -0.2) is 78.3 Å². The van der Waals surface area contributed by atoms with Gasteiger partial charge in [-0.3, -0.25) is 0 Å². The van der Waals surface area contributed by atoms with Gasteiger partial charge in [0.1, 0.15) is 0 Å². The fraction of sp³-hybridized carbons (Fsp3) is 0. The van der Waals surface area contributed by atoms with Crippen molar-refractivity contribution >= 4 is 110 Å². The van der Waals surface area contributed by atoms with Gasteiger partial charge in [0.15, 0.2) is 0 Å². The van der Waals surface area contributed by atoms with Crippen molar-refractivity contribution in [2.24, 2.45) is 0 Å². The van der Waals surface area contributed by atoms with Crippen molar-refractivity contribution in [2.45, 2.75) is 0 Å². The lowest BCUT2D eigenvalue weighted by Crippen LogP contribution is -2.01. The Kier molecular flexibility index (Phi) is 20.0. The van der Waals surface area contributed by atoms with Gasteiger partial charge in [-0.05, 0) is 0 Å². The van der Waals surface area contributed by atoms with E-state index in [-0.39, 0.29) is 0 Å². The molecular formula is H16O43P14. The molecule has 16 N–H and O–H groups in total. The third-order valence-electron chi connectivity index (χ3n) is 2.69. The Morgan fingerprint density at radius 2 is 0.228 bits per heavy atom. The molecule has 0 aromatic carbocycles. The molecule has 43 nitrogen and oxygen atoms in total. The van der Waals surface area contributed by atoms with Crippen LogP contribution in [0.25, 0.3) is 0 Å². The minimum atomic E-state index is -7.07. The summed E-state index contributed by atoms with van der Waals surface area (Å²) in [6.07, 6.45) is 0. The van der Waals surface area contributed by atoms with Crippen molar-refractivity contribution < 1.29 is 198 Å². The summed E-state index contributed by atoms with van der Waals surface area (Å²) in [6.45, 7) is 0. The van der Waals surface area contributed by atoms with E-state index < -0.39 is 110 Å². The number of rotatable bonds is 26. The predicted molar refractivity (Wildman–Crippen MR) is 156 cm³/mol. The molecule has 0 aliphatic heterocycles. The van der Waals surface area contributed by atoms with Crippen LogP contribution < -0.4 is 0 Å². The number of hydrogen-bond acceptors (Lipinski definition) is 27. The lowest BCUT2D eigenvalue weighted by atomic mass is 15.7. The Morgan fingerprint density at radius 1 is 0.158 bits per heavy atom. The molecule has 0 aromatic heterocycles. The van der Waals surface area contributed by atoms with Gasteiger partial charge in [-0.25, -0.2) is 63.9 Å². The van der Waals surface area contributed by atoms with Crippen LogP contribution in [0.3, 0.4) is 0 Å². The molecular weight excluding hydrogens is 1120 g/mol. The first-order valence-corrected chi connectivity index (χ1v) is 31.5. The summed E-state index contributed by atoms with van der Waals surface area (Å²) in [5.41, 5.74) is 0. The van der Waals surface area contributed by atoms with Gasteiger partial charge in [0, 0.05) is 0 Å². The molecule has 0 saturated carbocycles. The van der Waals surface area contributed by atoms with Crippen molar-refractivity contribution in [1.29, 1.82) is 0 Å². The second-order valence-electron chi connectivity index (χ2n) is 7.67. The molecule has 0 bridgehead atoms. The summed E-state index contributed by atoms with van der Waals surface area (Å²) in [4.78, 5) is 144. The molecule has 0 saturated heterocycles. The van der Waals surface area contributed by atoms with E-state index in [2.05, 4.69) is 56.0 Å². The highest BCUT2D eigenvalue weighted by atomic mass is 31.3. The smallest absolute Gasteiger partial charge is 0.302 e. The van der Waals surface area contributed by atoms with Crippen LogP contribution in [0.4, 0.5) is 0 Å². The topological polar surface area (TPSA) is 683 Å². The molecule has 0 spiro atoms. The van der Waals surface area contributed by atoms with Crippen LogP contribution in [0, 0.1) is 0 Å². The normalized spacial score (nSPS) is 26.0. The Balaban J connectivity index is 5.75. The monoisotopic (exact) mass is 1140 g/mol. The molecule has 344 valence electrons. The van der Waals surface area contributed by atoms with Gasteiger partial charge in [0.25, 0.3) is 0 Å².